The SMILES string of the molecule is C=C/C=C/C(C)(C)CC(C)C.C=C/C=C/C(C)(CC)CC(C)(C)Oc1cc(C)c(O)cc1C.CC.CC.CC. The van der Waals surface area contributed by atoms with Crippen molar-refractivity contribution in [1.29, 1.82) is 0 Å². The van der Waals surface area contributed by atoms with Gasteiger partial charge in [0.15, 0.2) is 0 Å². The topological polar surface area (TPSA) is 29.5 Å². The molecule has 39 heavy (non-hydrogen) atoms. The van der Waals surface area contributed by atoms with E-state index in [1.807, 2.05) is 85.8 Å². The second-order valence-corrected chi connectivity index (χ2v) is 11.2. The van der Waals surface area contributed by atoms with Gasteiger partial charge in [0.05, 0.1) is 0 Å². The summed E-state index contributed by atoms with van der Waals surface area (Å²) in [6, 6.07) is 3.67. The molecule has 1 rings (SSSR count). The predicted octanol–water partition coefficient (Wildman–Crippen LogP) is 12.6. The van der Waals surface area contributed by atoms with Crippen molar-refractivity contribution in [3.8, 4) is 11.5 Å². The highest BCUT2D eigenvalue weighted by molar-refractivity contribution is 5.44. The number of phenolic OH excluding ortho intramolecular Hbond substituents is 1. The number of benzene rings is 1. The van der Waals surface area contributed by atoms with Crippen LogP contribution in [0, 0.1) is 30.6 Å². The number of aromatic hydroxyl groups is 1. The van der Waals surface area contributed by atoms with E-state index in [-0.39, 0.29) is 11.0 Å². The summed E-state index contributed by atoms with van der Waals surface area (Å²) < 4.78 is 6.28. The first-order valence-electron chi connectivity index (χ1n) is 15.2. The molecule has 0 amide bonds. The van der Waals surface area contributed by atoms with Crippen molar-refractivity contribution in [2.75, 3.05) is 0 Å². The highest BCUT2D eigenvalue weighted by Gasteiger charge is 2.31. The summed E-state index contributed by atoms with van der Waals surface area (Å²) >= 11 is 0. The van der Waals surface area contributed by atoms with Gasteiger partial charge in [-0.1, -0.05) is 133 Å². The van der Waals surface area contributed by atoms with E-state index < -0.39 is 0 Å². The van der Waals surface area contributed by atoms with E-state index in [4.69, 9.17) is 4.74 Å². The summed E-state index contributed by atoms with van der Waals surface area (Å²) in [7, 11) is 0. The first-order chi connectivity index (χ1) is 18.1. The molecule has 2 heteroatoms. The van der Waals surface area contributed by atoms with E-state index in [0.717, 1.165) is 35.6 Å². The molecular formula is C37H68O2. The molecule has 1 atom stereocenters. The van der Waals surface area contributed by atoms with Crippen LogP contribution in [-0.4, -0.2) is 10.7 Å². The van der Waals surface area contributed by atoms with E-state index in [1.165, 1.54) is 6.42 Å². The van der Waals surface area contributed by atoms with Crippen molar-refractivity contribution in [2.24, 2.45) is 16.7 Å². The van der Waals surface area contributed by atoms with Crippen LogP contribution in [-0.2, 0) is 0 Å². The molecule has 0 aliphatic heterocycles. The van der Waals surface area contributed by atoms with E-state index in [9.17, 15) is 5.11 Å². The Hall–Kier alpha value is -2.22. The number of hydrogen-bond donors (Lipinski definition) is 1. The van der Waals surface area contributed by atoms with Gasteiger partial charge in [-0.3, -0.25) is 0 Å². The van der Waals surface area contributed by atoms with Crippen LogP contribution in [0.25, 0.3) is 0 Å². The first-order valence-corrected chi connectivity index (χ1v) is 15.2. The molecule has 1 aromatic rings. The zero-order valence-electron chi connectivity index (χ0n) is 29.1. The molecule has 1 unspecified atom stereocenters. The van der Waals surface area contributed by atoms with Crippen LogP contribution in [0.2, 0.25) is 0 Å². The normalized spacial score (nSPS) is 12.4. The minimum Gasteiger partial charge on any atom is -0.508 e. The summed E-state index contributed by atoms with van der Waals surface area (Å²) in [5.74, 6) is 1.92. The van der Waals surface area contributed by atoms with Crippen molar-refractivity contribution in [1.82, 2.24) is 0 Å². The van der Waals surface area contributed by atoms with Crippen LogP contribution in [0.5, 0.6) is 11.5 Å². The van der Waals surface area contributed by atoms with Gasteiger partial charge in [-0.05, 0) is 87.0 Å². The monoisotopic (exact) mass is 545 g/mol. The van der Waals surface area contributed by atoms with Gasteiger partial charge >= 0.3 is 0 Å². The Kier molecular flexibility index (Phi) is 26.6. The third-order valence-electron chi connectivity index (χ3n) is 5.77. The average molecular weight is 545 g/mol. The van der Waals surface area contributed by atoms with Crippen LogP contribution in [0.1, 0.15) is 127 Å². The largest absolute Gasteiger partial charge is 0.508 e. The van der Waals surface area contributed by atoms with Crippen LogP contribution in [0.15, 0.2) is 61.7 Å². The van der Waals surface area contributed by atoms with Crippen LogP contribution in [0.3, 0.4) is 0 Å². The van der Waals surface area contributed by atoms with Crippen molar-refractivity contribution < 1.29 is 9.84 Å². The number of aryl methyl sites for hydroxylation is 2. The van der Waals surface area contributed by atoms with E-state index in [2.05, 4.69) is 80.7 Å². The van der Waals surface area contributed by atoms with Gasteiger partial charge in [0, 0.05) is 0 Å². The Labute approximate surface area is 246 Å². The minimum absolute atomic E-state index is 0.0670. The predicted molar refractivity (Wildman–Crippen MR) is 181 cm³/mol. The van der Waals surface area contributed by atoms with E-state index in [1.54, 1.807) is 6.07 Å². The highest BCUT2D eigenvalue weighted by Crippen LogP contribution is 2.37. The fourth-order valence-corrected chi connectivity index (χ4v) is 4.24. The van der Waals surface area contributed by atoms with Gasteiger partial charge in [-0.25, -0.2) is 0 Å². The van der Waals surface area contributed by atoms with Crippen LogP contribution in [0.4, 0.5) is 0 Å². The Balaban J connectivity index is -0.000000303. The summed E-state index contributed by atoms with van der Waals surface area (Å²) in [5, 5.41) is 9.77. The molecule has 0 fully saturated rings. The zero-order chi connectivity index (χ0) is 31.9. The third-order valence-corrected chi connectivity index (χ3v) is 5.77. The molecule has 0 aliphatic rings. The van der Waals surface area contributed by atoms with Gasteiger partial charge in [0.2, 0.25) is 0 Å². The number of ether oxygens (including phenoxy) is 1. The Morgan fingerprint density at radius 3 is 1.69 bits per heavy atom. The lowest BCUT2D eigenvalue weighted by atomic mass is 9.77. The molecule has 0 saturated carbocycles. The maximum Gasteiger partial charge on any atom is 0.123 e. The molecule has 0 saturated heterocycles. The summed E-state index contributed by atoms with van der Waals surface area (Å²) in [4.78, 5) is 0. The molecule has 1 aromatic carbocycles. The molecule has 0 heterocycles. The molecule has 0 bridgehead atoms. The van der Waals surface area contributed by atoms with Crippen LogP contribution < -0.4 is 4.74 Å². The molecule has 0 aromatic heterocycles. The number of hydrogen-bond acceptors (Lipinski definition) is 2. The van der Waals surface area contributed by atoms with Gasteiger partial charge in [-0.2, -0.15) is 0 Å². The summed E-state index contributed by atoms with van der Waals surface area (Å²) in [6.07, 6.45) is 15.3. The average Bonchev–Trinajstić information content (AvgIpc) is 2.87. The van der Waals surface area contributed by atoms with Crippen LogP contribution >= 0.6 is 0 Å². The molecule has 2 nitrogen and oxygen atoms in total. The maximum absolute atomic E-state index is 9.77. The first kappa shape index (κ1) is 43.8. The number of allylic oxidation sites excluding steroid dienone is 6. The van der Waals surface area contributed by atoms with Crippen molar-refractivity contribution in [2.45, 2.75) is 136 Å². The summed E-state index contributed by atoms with van der Waals surface area (Å²) in [5.41, 5.74) is 1.88. The molecule has 0 spiro atoms. The molecular weight excluding hydrogens is 476 g/mol. The van der Waals surface area contributed by atoms with Crippen molar-refractivity contribution in [3.05, 3.63) is 72.9 Å². The Morgan fingerprint density at radius 1 is 0.821 bits per heavy atom. The Morgan fingerprint density at radius 2 is 1.28 bits per heavy atom. The number of rotatable bonds is 11. The van der Waals surface area contributed by atoms with Gasteiger partial charge < -0.3 is 9.84 Å². The standard InChI is InChI=1S/C20H30O2.C11H20.3C2H6/c1-8-10-11-20(7,9-2)14-19(5,6)22-18-13-15(3)17(21)12-16(18)4;1-6-7-8-11(4,5)9-10(2)3;3*1-2/h8,10-13,21H,1,9,14H2,2-7H3;6-8,10H,1,9H2,2-5H3;3*1-2H3/b11-10+;8-7+;;;. The summed E-state index contributed by atoms with van der Waals surface area (Å²) in [6.45, 7) is 40.9. The molecule has 1 N–H and O–H groups in total. The number of phenols is 1. The van der Waals surface area contributed by atoms with Crippen molar-refractivity contribution >= 4 is 0 Å². The second-order valence-electron chi connectivity index (χ2n) is 11.2. The third kappa shape index (κ3) is 22.3. The van der Waals surface area contributed by atoms with E-state index >= 15 is 0 Å². The lowest BCUT2D eigenvalue weighted by molar-refractivity contribution is 0.0630. The lowest BCUT2D eigenvalue weighted by Gasteiger charge is -2.36. The fourth-order valence-electron chi connectivity index (χ4n) is 4.24. The highest BCUT2D eigenvalue weighted by atomic mass is 16.5. The molecule has 0 aliphatic carbocycles. The maximum atomic E-state index is 9.77. The van der Waals surface area contributed by atoms with Crippen molar-refractivity contribution in [3.63, 3.8) is 0 Å². The zero-order valence-corrected chi connectivity index (χ0v) is 29.1. The molecule has 0 radical (unpaired) electrons. The smallest absolute Gasteiger partial charge is 0.123 e. The Bertz CT molecular complexity index is 809. The molecule has 228 valence electrons. The van der Waals surface area contributed by atoms with E-state index in [0.29, 0.717) is 11.2 Å². The lowest BCUT2D eigenvalue weighted by Crippen LogP contribution is -2.35. The quantitative estimate of drug-likeness (QED) is 0.281. The second kappa shape index (κ2) is 23.6. The van der Waals surface area contributed by atoms with Gasteiger partial charge in [0.25, 0.3) is 0 Å². The van der Waals surface area contributed by atoms with Gasteiger partial charge in [0.1, 0.15) is 17.1 Å². The minimum atomic E-state index is -0.301. The van der Waals surface area contributed by atoms with Gasteiger partial charge in [-0.15, -0.1) is 0 Å². The fraction of sp³-hybridized carbons (Fsp3) is 0.622.